The summed E-state index contributed by atoms with van der Waals surface area (Å²) in [6, 6.07) is 4.21. The summed E-state index contributed by atoms with van der Waals surface area (Å²) >= 11 is 11.7. The van der Waals surface area contributed by atoms with Gasteiger partial charge in [-0.05, 0) is 18.2 Å². The number of amides is 2. The molecule has 24 heavy (non-hydrogen) atoms. The minimum atomic E-state index is -3.88. The lowest BCUT2D eigenvalue weighted by molar-refractivity contribution is -0.137. The minimum Gasteiger partial charge on any atom is -0.468 e. The molecule has 1 aliphatic heterocycles. The van der Waals surface area contributed by atoms with Crippen LogP contribution < -0.4 is 4.90 Å². The highest BCUT2D eigenvalue weighted by Crippen LogP contribution is 2.31. The van der Waals surface area contributed by atoms with Crippen molar-refractivity contribution in [3.8, 4) is 0 Å². The summed E-state index contributed by atoms with van der Waals surface area (Å²) in [5.74, 6) is -4.68. The van der Waals surface area contributed by atoms with Crippen LogP contribution in [0.4, 0.5) is 5.69 Å². The molecule has 2 amide bonds. The molecule has 1 fully saturated rings. The van der Waals surface area contributed by atoms with Crippen LogP contribution in [-0.4, -0.2) is 44.8 Å². The Kier molecular flexibility index (Phi) is 5.52. The first kappa shape index (κ1) is 18.7. The van der Waals surface area contributed by atoms with Gasteiger partial charge in [-0.3, -0.25) is 19.3 Å². The van der Waals surface area contributed by atoms with E-state index < -0.39 is 45.0 Å². The molecule has 0 radical (unpaired) electrons. The van der Waals surface area contributed by atoms with E-state index in [0.29, 0.717) is 0 Å². The van der Waals surface area contributed by atoms with E-state index >= 15 is 0 Å². The number of benzene rings is 1. The Morgan fingerprint density at radius 1 is 1.25 bits per heavy atom. The van der Waals surface area contributed by atoms with Gasteiger partial charge in [0.1, 0.15) is 5.75 Å². The molecule has 0 saturated carbocycles. The quantitative estimate of drug-likeness (QED) is 0.554. The number of hydrogen-bond donors (Lipinski definition) is 0. The molecule has 7 nitrogen and oxygen atoms in total. The third kappa shape index (κ3) is 4.25. The third-order valence-electron chi connectivity index (χ3n) is 3.37. The number of esters is 1. The SMILES string of the molecule is COC(=O)CS(=O)(=O)CC1CC(=O)N(c2cc(Cl)cc(Cl)c2)C1=O. The summed E-state index contributed by atoms with van der Waals surface area (Å²) < 4.78 is 28.2. The number of methoxy groups -OCH3 is 1. The first-order valence-electron chi connectivity index (χ1n) is 6.73. The number of anilines is 1. The number of sulfone groups is 1. The molecule has 1 aliphatic rings. The Morgan fingerprint density at radius 3 is 2.38 bits per heavy atom. The van der Waals surface area contributed by atoms with Crippen molar-refractivity contribution in [1.82, 2.24) is 0 Å². The number of rotatable bonds is 5. The molecule has 0 aliphatic carbocycles. The van der Waals surface area contributed by atoms with Crippen LogP contribution in [0.5, 0.6) is 0 Å². The highest BCUT2D eigenvalue weighted by atomic mass is 35.5. The normalized spacial score (nSPS) is 18.1. The standard InChI is InChI=1S/C14H13Cl2NO6S/c1-23-13(19)7-24(21,22)6-8-2-12(18)17(14(8)20)11-4-9(15)3-10(16)5-11/h3-5,8H,2,6-7H2,1H3. The van der Waals surface area contributed by atoms with Crippen LogP contribution >= 0.6 is 23.2 Å². The topological polar surface area (TPSA) is 97.8 Å². The van der Waals surface area contributed by atoms with Crippen molar-refractivity contribution < 1.29 is 27.5 Å². The van der Waals surface area contributed by atoms with E-state index in [9.17, 15) is 22.8 Å². The van der Waals surface area contributed by atoms with Crippen molar-refractivity contribution >= 4 is 56.5 Å². The molecule has 0 bridgehead atoms. The first-order chi connectivity index (χ1) is 11.1. The molecule has 0 N–H and O–H groups in total. The van der Waals surface area contributed by atoms with Gasteiger partial charge in [-0.25, -0.2) is 8.42 Å². The summed E-state index contributed by atoms with van der Waals surface area (Å²) in [7, 11) is -2.82. The molecular formula is C14H13Cl2NO6S. The van der Waals surface area contributed by atoms with E-state index in [0.717, 1.165) is 12.0 Å². The Labute approximate surface area is 148 Å². The van der Waals surface area contributed by atoms with Gasteiger partial charge in [0.25, 0.3) is 0 Å². The first-order valence-corrected chi connectivity index (χ1v) is 9.31. The number of hydrogen-bond acceptors (Lipinski definition) is 6. The van der Waals surface area contributed by atoms with Crippen LogP contribution in [0.3, 0.4) is 0 Å². The van der Waals surface area contributed by atoms with Crippen LogP contribution in [0, 0.1) is 5.92 Å². The second-order valence-electron chi connectivity index (χ2n) is 5.23. The van der Waals surface area contributed by atoms with E-state index in [1.54, 1.807) is 0 Å². The molecule has 130 valence electrons. The average molecular weight is 394 g/mol. The maximum Gasteiger partial charge on any atom is 0.320 e. The summed E-state index contributed by atoms with van der Waals surface area (Å²) in [5, 5.41) is 0.472. The largest absolute Gasteiger partial charge is 0.468 e. The van der Waals surface area contributed by atoms with E-state index in [4.69, 9.17) is 23.2 Å². The lowest BCUT2D eigenvalue weighted by atomic mass is 10.1. The number of carbonyl (C=O) groups excluding carboxylic acids is 3. The van der Waals surface area contributed by atoms with Crippen LogP contribution in [0.25, 0.3) is 0 Å². The number of ether oxygens (including phenoxy) is 1. The molecular weight excluding hydrogens is 381 g/mol. The zero-order valence-corrected chi connectivity index (χ0v) is 14.8. The molecule has 0 spiro atoms. The monoisotopic (exact) mass is 393 g/mol. The average Bonchev–Trinajstić information content (AvgIpc) is 2.70. The molecule has 1 unspecified atom stereocenters. The van der Waals surface area contributed by atoms with E-state index in [-0.39, 0.29) is 22.2 Å². The van der Waals surface area contributed by atoms with Crippen molar-refractivity contribution in [2.24, 2.45) is 5.92 Å². The number of nitrogens with zero attached hydrogens (tertiary/aromatic N) is 1. The fourth-order valence-electron chi connectivity index (χ4n) is 2.37. The van der Waals surface area contributed by atoms with Gasteiger partial charge in [0.05, 0.1) is 24.5 Å². The highest BCUT2D eigenvalue weighted by Gasteiger charge is 2.42. The fraction of sp³-hybridized carbons (Fsp3) is 0.357. The van der Waals surface area contributed by atoms with Gasteiger partial charge in [0, 0.05) is 16.5 Å². The predicted molar refractivity (Wildman–Crippen MR) is 87.7 cm³/mol. The third-order valence-corrected chi connectivity index (χ3v) is 5.39. The zero-order chi connectivity index (χ0) is 18.1. The van der Waals surface area contributed by atoms with Crippen molar-refractivity contribution in [1.29, 1.82) is 0 Å². The molecule has 0 aromatic heterocycles. The maximum absolute atomic E-state index is 12.4. The number of imide groups is 1. The fourth-order valence-corrected chi connectivity index (χ4v) is 4.35. The van der Waals surface area contributed by atoms with Crippen LogP contribution in [0.15, 0.2) is 18.2 Å². The van der Waals surface area contributed by atoms with Gasteiger partial charge in [0.15, 0.2) is 9.84 Å². The summed E-state index contributed by atoms with van der Waals surface area (Å²) in [6.07, 6.45) is -0.274. The Bertz CT molecular complexity index is 787. The molecule has 2 rings (SSSR count). The highest BCUT2D eigenvalue weighted by molar-refractivity contribution is 7.92. The van der Waals surface area contributed by atoms with Crippen molar-refractivity contribution in [3.05, 3.63) is 28.2 Å². The van der Waals surface area contributed by atoms with Gasteiger partial charge < -0.3 is 4.74 Å². The molecule has 1 heterocycles. The summed E-state index contributed by atoms with van der Waals surface area (Å²) in [6.45, 7) is 0. The van der Waals surface area contributed by atoms with Crippen molar-refractivity contribution in [2.75, 3.05) is 23.5 Å². The summed E-state index contributed by atoms with van der Waals surface area (Å²) in [5.41, 5.74) is 0.176. The zero-order valence-electron chi connectivity index (χ0n) is 12.5. The lowest BCUT2D eigenvalue weighted by Gasteiger charge is -2.15. The van der Waals surface area contributed by atoms with Crippen LogP contribution in [-0.2, 0) is 29.0 Å². The maximum atomic E-state index is 12.4. The molecule has 1 atom stereocenters. The minimum absolute atomic E-state index is 0.176. The molecule has 10 heteroatoms. The number of halogens is 2. The van der Waals surface area contributed by atoms with Crippen molar-refractivity contribution in [2.45, 2.75) is 6.42 Å². The second kappa shape index (κ2) is 7.08. The number of carbonyl (C=O) groups is 3. The molecule has 1 aromatic carbocycles. The van der Waals surface area contributed by atoms with E-state index in [1.807, 2.05) is 0 Å². The van der Waals surface area contributed by atoms with Gasteiger partial charge in [-0.2, -0.15) is 0 Å². The predicted octanol–water partition coefficient (Wildman–Crippen LogP) is 1.46. The van der Waals surface area contributed by atoms with Crippen molar-refractivity contribution in [3.63, 3.8) is 0 Å². The molecule has 1 saturated heterocycles. The van der Waals surface area contributed by atoms with Gasteiger partial charge in [0.2, 0.25) is 11.8 Å². The smallest absolute Gasteiger partial charge is 0.320 e. The molecule has 1 aromatic rings. The second-order valence-corrected chi connectivity index (χ2v) is 8.21. The van der Waals surface area contributed by atoms with Gasteiger partial charge in [-0.1, -0.05) is 23.2 Å². The Balaban J connectivity index is 2.21. The Morgan fingerprint density at radius 2 is 1.83 bits per heavy atom. The van der Waals surface area contributed by atoms with Crippen LogP contribution in [0.1, 0.15) is 6.42 Å². The lowest BCUT2D eigenvalue weighted by Crippen LogP contribution is -2.33. The van der Waals surface area contributed by atoms with E-state index in [2.05, 4.69) is 4.74 Å². The summed E-state index contributed by atoms with van der Waals surface area (Å²) in [4.78, 5) is 36.5. The van der Waals surface area contributed by atoms with Gasteiger partial charge in [-0.15, -0.1) is 0 Å². The van der Waals surface area contributed by atoms with E-state index in [1.165, 1.54) is 18.2 Å². The Hall–Kier alpha value is -1.64. The van der Waals surface area contributed by atoms with Gasteiger partial charge >= 0.3 is 5.97 Å². The van der Waals surface area contributed by atoms with Crippen LogP contribution in [0.2, 0.25) is 10.0 Å².